The topological polar surface area (TPSA) is 98.7 Å². The Kier molecular flexibility index (Phi) is 4.27. The molecule has 0 radical (unpaired) electrons. The van der Waals surface area contributed by atoms with Crippen LogP contribution in [0.25, 0.3) is 0 Å². The summed E-state index contributed by atoms with van der Waals surface area (Å²) in [6, 6.07) is 1.97. The van der Waals surface area contributed by atoms with Crippen molar-refractivity contribution in [1.82, 2.24) is 4.90 Å². The predicted molar refractivity (Wildman–Crippen MR) is 73.5 cm³/mol. The van der Waals surface area contributed by atoms with E-state index in [-0.39, 0.29) is 37.6 Å². The van der Waals surface area contributed by atoms with E-state index in [2.05, 4.69) is 0 Å². The Morgan fingerprint density at radius 1 is 1.41 bits per heavy atom. The van der Waals surface area contributed by atoms with Gasteiger partial charge in [-0.25, -0.2) is 0 Å². The molecule has 1 aromatic carbocycles. The van der Waals surface area contributed by atoms with Gasteiger partial charge in [0.05, 0.1) is 23.7 Å². The number of morpholine rings is 1. The van der Waals surface area contributed by atoms with E-state index in [0.29, 0.717) is 0 Å². The van der Waals surface area contributed by atoms with Gasteiger partial charge in [0.1, 0.15) is 5.56 Å². The molecule has 0 aromatic heterocycles. The second-order valence-electron chi connectivity index (χ2n) is 4.91. The van der Waals surface area contributed by atoms with Crippen LogP contribution in [0.2, 0.25) is 0 Å². The smallest absolute Gasteiger partial charge is 0.356 e. The fourth-order valence-corrected chi connectivity index (χ4v) is 2.28. The maximum absolute atomic E-state index is 14.5. The zero-order valence-electron chi connectivity index (χ0n) is 11.8. The molecule has 0 unspecified atom stereocenters. The van der Waals surface area contributed by atoms with Gasteiger partial charge in [-0.15, -0.1) is 0 Å². The molecular formula is C13H15F2N3O4. The summed E-state index contributed by atoms with van der Waals surface area (Å²) < 4.78 is 34.0. The minimum atomic E-state index is -4.00. The van der Waals surface area contributed by atoms with Crippen LogP contribution < -0.4 is 5.73 Å². The van der Waals surface area contributed by atoms with Gasteiger partial charge in [-0.2, -0.15) is 8.78 Å². The van der Waals surface area contributed by atoms with E-state index in [0.717, 1.165) is 17.0 Å². The Bertz CT molecular complexity index is 616. The van der Waals surface area contributed by atoms with Crippen molar-refractivity contribution in [3.63, 3.8) is 0 Å². The SMILES string of the molecule is Cc1c(N)ccc(C(F)(F)C(=O)N2CCOCC2)c1[N+](=O)[O-]. The highest BCUT2D eigenvalue weighted by Gasteiger charge is 2.49. The summed E-state index contributed by atoms with van der Waals surface area (Å²) in [6.45, 7) is 1.63. The highest BCUT2D eigenvalue weighted by Crippen LogP contribution is 2.40. The molecule has 0 spiro atoms. The Morgan fingerprint density at radius 3 is 2.55 bits per heavy atom. The first-order valence-electron chi connectivity index (χ1n) is 6.55. The molecule has 0 saturated carbocycles. The summed E-state index contributed by atoms with van der Waals surface area (Å²) in [5, 5.41) is 11.1. The Hall–Kier alpha value is -2.29. The Morgan fingerprint density at radius 2 is 2.00 bits per heavy atom. The van der Waals surface area contributed by atoms with E-state index in [1.807, 2.05) is 0 Å². The number of nitrogens with two attached hydrogens (primary N) is 1. The maximum Gasteiger partial charge on any atom is 0.356 e. The van der Waals surface area contributed by atoms with Gasteiger partial charge in [0.2, 0.25) is 0 Å². The van der Waals surface area contributed by atoms with Crippen LogP contribution in [0.3, 0.4) is 0 Å². The monoisotopic (exact) mass is 315 g/mol. The zero-order chi connectivity index (χ0) is 16.5. The molecule has 22 heavy (non-hydrogen) atoms. The third-order valence-electron chi connectivity index (χ3n) is 3.56. The van der Waals surface area contributed by atoms with E-state index in [9.17, 15) is 23.7 Å². The van der Waals surface area contributed by atoms with Crippen molar-refractivity contribution < 1.29 is 23.2 Å². The largest absolute Gasteiger partial charge is 0.398 e. The number of alkyl halides is 2. The lowest BCUT2D eigenvalue weighted by atomic mass is 10.00. The number of nitro groups is 1. The van der Waals surface area contributed by atoms with Crippen molar-refractivity contribution in [3.05, 3.63) is 33.4 Å². The maximum atomic E-state index is 14.5. The van der Waals surface area contributed by atoms with Gasteiger partial charge < -0.3 is 15.4 Å². The fraction of sp³-hybridized carbons (Fsp3) is 0.462. The molecule has 1 saturated heterocycles. The van der Waals surface area contributed by atoms with Gasteiger partial charge in [-0.05, 0) is 19.1 Å². The van der Waals surface area contributed by atoms with Gasteiger partial charge in [-0.1, -0.05) is 0 Å². The van der Waals surface area contributed by atoms with Crippen LogP contribution in [0.15, 0.2) is 12.1 Å². The third-order valence-corrected chi connectivity index (χ3v) is 3.56. The lowest BCUT2D eigenvalue weighted by Gasteiger charge is -2.30. The number of hydrogen-bond donors (Lipinski definition) is 1. The van der Waals surface area contributed by atoms with Crippen LogP contribution in [0.1, 0.15) is 11.1 Å². The summed E-state index contributed by atoms with van der Waals surface area (Å²) in [5.74, 6) is -5.47. The van der Waals surface area contributed by atoms with Crippen LogP contribution >= 0.6 is 0 Å². The minimum absolute atomic E-state index is 0.0186. The molecule has 1 aliphatic rings. The number of benzene rings is 1. The summed E-state index contributed by atoms with van der Waals surface area (Å²) in [4.78, 5) is 23.2. The average Bonchev–Trinajstić information content (AvgIpc) is 2.49. The average molecular weight is 315 g/mol. The van der Waals surface area contributed by atoms with Crippen LogP contribution in [0.5, 0.6) is 0 Å². The molecule has 1 aromatic rings. The fourth-order valence-electron chi connectivity index (χ4n) is 2.28. The van der Waals surface area contributed by atoms with E-state index in [1.165, 1.54) is 6.92 Å². The quantitative estimate of drug-likeness (QED) is 0.517. The van der Waals surface area contributed by atoms with Crippen LogP contribution in [0, 0.1) is 17.0 Å². The molecule has 1 aliphatic heterocycles. The van der Waals surface area contributed by atoms with E-state index < -0.39 is 28.0 Å². The summed E-state index contributed by atoms with van der Waals surface area (Å²) in [5.41, 5.74) is 3.69. The van der Waals surface area contributed by atoms with Crippen molar-refractivity contribution in [3.8, 4) is 0 Å². The predicted octanol–water partition coefficient (Wildman–Crippen LogP) is 1.44. The number of halogens is 2. The number of carbonyl (C=O) groups excluding carboxylic acids is 1. The molecule has 2 N–H and O–H groups in total. The molecule has 2 rings (SSSR count). The van der Waals surface area contributed by atoms with Gasteiger partial charge in [0.25, 0.3) is 11.6 Å². The third kappa shape index (κ3) is 2.71. The first kappa shape index (κ1) is 16.1. The van der Waals surface area contributed by atoms with Crippen molar-refractivity contribution in [1.29, 1.82) is 0 Å². The minimum Gasteiger partial charge on any atom is -0.398 e. The molecule has 0 bridgehead atoms. The number of ether oxygens (including phenoxy) is 1. The van der Waals surface area contributed by atoms with E-state index >= 15 is 0 Å². The first-order valence-corrected chi connectivity index (χ1v) is 6.55. The number of nitro benzene ring substituents is 1. The molecule has 7 nitrogen and oxygen atoms in total. The van der Waals surface area contributed by atoms with Crippen molar-refractivity contribution in [2.24, 2.45) is 0 Å². The number of carbonyl (C=O) groups is 1. The van der Waals surface area contributed by atoms with Gasteiger partial charge >= 0.3 is 5.92 Å². The summed E-state index contributed by atoms with van der Waals surface area (Å²) >= 11 is 0. The number of hydrogen-bond acceptors (Lipinski definition) is 5. The van der Waals surface area contributed by atoms with Crippen molar-refractivity contribution >= 4 is 17.3 Å². The normalized spacial score (nSPS) is 15.7. The number of nitrogens with zero attached hydrogens (tertiary/aromatic N) is 2. The summed E-state index contributed by atoms with van der Waals surface area (Å²) in [7, 11) is 0. The lowest BCUT2D eigenvalue weighted by Crippen LogP contribution is -2.47. The standard InChI is InChI=1S/C13H15F2N3O4/c1-8-10(16)3-2-9(11(8)18(20)21)13(14,15)12(19)17-4-6-22-7-5-17/h2-3H,4-7,16H2,1H3. The Labute approximate surface area is 124 Å². The molecular weight excluding hydrogens is 300 g/mol. The van der Waals surface area contributed by atoms with E-state index in [1.54, 1.807) is 0 Å². The Balaban J connectivity index is 2.46. The second-order valence-corrected chi connectivity index (χ2v) is 4.91. The number of rotatable bonds is 3. The summed E-state index contributed by atoms with van der Waals surface area (Å²) in [6.07, 6.45) is 0. The van der Waals surface area contributed by atoms with Gasteiger partial charge in [0.15, 0.2) is 0 Å². The zero-order valence-corrected chi connectivity index (χ0v) is 11.8. The van der Waals surface area contributed by atoms with Crippen molar-refractivity contribution in [2.75, 3.05) is 32.0 Å². The molecule has 0 atom stereocenters. The lowest BCUT2D eigenvalue weighted by molar-refractivity contribution is -0.387. The van der Waals surface area contributed by atoms with Gasteiger partial charge in [-0.3, -0.25) is 14.9 Å². The van der Waals surface area contributed by atoms with Gasteiger partial charge in [0, 0.05) is 18.8 Å². The number of nitrogen functional groups attached to an aromatic ring is 1. The molecule has 9 heteroatoms. The second kappa shape index (κ2) is 5.84. The molecule has 120 valence electrons. The van der Waals surface area contributed by atoms with Crippen LogP contribution in [-0.4, -0.2) is 42.0 Å². The molecule has 1 amide bonds. The van der Waals surface area contributed by atoms with Crippen molar-refractivity contribution in [2.45, 2.75) is 12.8 Å². The van der Waals surface area contributed by atoms with Crippen LogP contribution in [0.4, 0.5) is 20.2 Å². The molecule has 0 aliphatic carbocycles. The van der Waals surface area contributed by atoms with E-state index in [4.69, 9.17) is 10.5 Å². The van der Waals surface area contributed by atoms with Crippen LogP contribution in [-0.2, 0) is 15.5 Å². The number of amides is 1. The highest BCUT2D eigenvalue weighted by atomic mass is 19.3. The highest BCUT2D eigenvalue weighted by molar-refractivity contribution is 5.87. The number of anilines is 1. The molecule has 1 heterocycles. The first-order chi connectivity index (χ1) is 10.3. The molecule has 1 fully saturated rings.